The summed E-state index contributed by atoms with van der Waals surface area (Å²) in [6.45, 7) is 13.2. The molecule has 2 aromatic heterocycles. The molecule has 7 aliphatic rings. The standard InChI is InChI=1S/C57H67FN8O8S/c1-29(2)16-48-61-28-47(75-48)54-66-41-12-11-31(36-19-40(60-26-36)44-22-35-21-43(35)65(44)53(68)51(63-56(70)72-8)32-13-15-73-57(5,6)25-32)17-34(41)23-45(66)49-38(58)18-33(24-46(49)74-54)37-20-39(59-27-37)42-10-9-14-64(42)52(67)50(30(3)4)62-55(69)71-7/h11-12,17-18,23-24,26-30,32,35,42-44,50-51,54H,9-10,13-16,19-22,25H2,1-8H3,(H,62,69)(H,63,70)/t32?,35-,42+,43-,44+,50+,51?,54?/m1/s1. The lowest BCUT2D eigenvalue weighted by molar-refractivity contribution is -0.139. The van der Waals surface area contributed by atoms with Gasteiger partial charge < -0.3 is 39.4 Å². The van der Waals surface area contributed by atoms with Crippen LogP contribution in [0.3, 0.4) is 0 Å². The SMILES string of the molecule is COC(=O)NC(C(=O)N1[C@@H]2C[C@@H]2C[C@H]1C1=NC=C(c2ccc3c(c2)cc2n3C(c3cnc(CC(C)C)s3)Oc3cc(C4=CN=C([C@@H]5CCCN5C(=O)[C@@H](NC(=O)OC)C(C)C)C4)cc(F)c3-2)C1)C1CCOC(C)(C)C1. The molecule has 0 radical (unpaired) electrons. The van der Waals surface area contributed by atoms with E-state index in [9.17, 15) is 19.2 Å². The molecule has 16 nitrogen and oxygen atoms in total. The van der Waals surface area contributed by atoms with Crippen LogP contribution < -0.4 is 15.4 Å². The predicted octanol–water partition coefficient (Wildman–Crippen LogP) is 9.70. The maximum absolute atomic E-state index is 17.1. The third-order valence-corrected chi connectivity index (χ3v) is 17.3. The van der Waals surface area contributed by atoms with Crippen LogP contribution in [0, 0.1) is 29.5 Å². The Hall–Kier alpha value is -6.40. The first-order chi connectivity index (χ1) is 36.0. The number of benzene rings is 2. The van der Waals surface area contributed by atoms with Crippen molar-refractivity contribution in [3.8, 4) is 17.0 Å². The number of nitrogens with zero attached hydrogens (tertiary/aromatic N) is 6. The number of fused-ring (bicyclic) bond motifs is 6. The van der Waals surface area contributed by atoms with Gasteiger partial charge in [0, 0.05) is 73.9 Å². The van der Waals surface area contributed by atoms with Crippen molar-refractivity contribution in [3.63, 3.8) is 0 Å². The number of alkyl carbamates (subject to hydrolysis) is 2. The van der Waals surface area contributed by atoms with Gasteiger partial charge in [-0.25, -0.2) is 19.0 Å². The van der Waals surface area contributed by atoms with Crippen molar-refractivity contribution in [3.05, 3.63) is 81.8 Å². The van der Waals surface area contributed by atoms with E-state index in [1.165, 1.54) is 14.2 Å². The van der Waals surface area contributed by atoms with Crippen molar-refractivity contribution in [2.75, 3.05) is 27.4 Å². The topological polar surface area (TPSA) is 178 Å². The van der Waals surface area contributed by atoms with E-state index >= 15 is 4.39 Å². The number of carbonyl (C=O) groups excluding carboxylic acids is 4. The number of halogens is 1. The number of thiazole rings is 1. The van der Waals surface area contributed by atoms with Crippen molar-refractivity contribution < 1.29 is 42.5 Å². The minimum Gasteiger partial charge on any atom is -0.464 e. The zero-order valence-electron chi connectivity index (χ0n) is 44.0. The molecule has 0 bridgehead atoms. The van der Waals surface area contributed by atoms with Crippen molar-refractivity contribution in [2.24, 2.45) is 33.7 Å². The summed E-state index contributed by atoms with van der Waals surface area (Å²) in [4.78, 5) is 72.9. The van der Waals surface area contributed by atoms with Crippen LogP contribution in [0.4, 0.5) is 14.0 Å². The Morgan fingerprint density at radius 2 is 1.63 bits per heavy atom. The Morgan fingerprint density at radius 1 is 0.893 bits per heavy atom. The van der Waals surface area contributed by atoms with E-state index in [0.717, 1.165) is 81.0 Å². The molecular weight excluding hydrogens is 976 g/mol. The van der Waals surface area contributed by atoms with Crippen LogP contribution in [0.5, 0.6) is 5.75 Å². The maximum Gasteiger partial charge on any atom is 0.407 e. The third-order valence-electron chi connectivity index (χ3n) is 16.3. The molecule has 3 saturated heterocycles. The largest absolute Gasteiger partial charge is 0.464 e. The first-order valence-corrected chi connectivity index (χ1v) is 27.4. The summed E-state index contributed by atoms with van der Waals surface area (Å²) in [5.41, 5.74) is 6.75. The molecule has 8 atom stereocenters. The van der Waals surface area contributed by atoms with Gasteiger partial charge in [-0.1, -0.05) is 33.8 Å². The molecule has 2 N–H and O–H groups in total. The van der Waals surface area contributed by atoms with Crippen molar-refractivity contribution in [2.45, 2.75) is 141 Å². The molecule has 18 heteroatoms. The van der Waals surface area contributed by atoms with Crippen LogP contribution >= 0.6 is 11.3 Å². The third kappa shape index (κ3) is 9.65. The average Bonchev–Trinajstić information content (AvgIpc) is 4.15. The number of aliphatic imine (C=N–C) groups is 2. The highest BCUT2D eigenvalue weighted by atomic mass is 32.1. The molecule has 11 rings (SSSR count). The first kappa shape index (κ1) is 50.7. The van der Waals surface area contributed by atoms with Gasteiger partial charge in [-0.05, 0) is 129 Å². The summed E-state index contributed by atoms with van der Waals surface area (Å²) in [6.07, 6.45) is 10.1. The van der Waals surface area contributed by atoms with Crippen LogP contribution in [-0.4, -0.2) is 118 Å². The normalized spacial score (nSPS) is 25.2. The lowest BCUT2D eigenvalue weighted by Gasteiger charge is -2.40. The Balaban J connectivity index is 0.856. The van der Waals surface area contributed by atoms with Gasteiger partial charge in [0.1, 0.15) is 23.7 Å². The molecule has 396 valence electrons. The number of hydrogen-bond donors (Lipinski definition) is 2. The number of allylic oxidation sites excluding steroid dienone is 2. The molecule has 4 aromatic rings. The van der Waals surface area contributed by atoms with Gasteiger partial charge in [-0.15, -0.1) is 11.3 Å². The van der Waals surface area contributed by atoms with Gasteiger partial charge in [-0.2, -0.15) is 0 Å². The molecule has 2 aromatic carbocycles. The number of nitrogens with one attached hydrogen (secondary N) is 2. The number of hydrogen-bond acceptors (Lipinski definition) is 12. The highest BCUT2D eigenvalue weighted by Gasteiger charge is 2.57. The first-order valence-electron chi connectivity index (χ1n) is 26.6. The second-order valence-electron chi connectivity index (χ2n) is 22.7. The van der Waals surface area contributed by atoms with Gasteiger partial charge in [-0.3, -0.25) is 24.1 Å². The number of methoxy groups -OCH3 is 2. The summed E-state index contributed by atoms with van der Waals surface area (Å²) in [6, 6.07) is 10.00. The number of carbonyl (C=O) groups is 4. The molecular formula is C57H67FN8O8S. The summed E-state index contributed by atoms with van der Waals surface area (Å²) in [5, 5.41) is 7.55. The van der Waals surface area contributed by atoms with Crippen LogP contribution in [0.1, 0.15) is 120 Å². The summed E-state index contributed by atoms with van der Waals surface area (Å²) >= 11 is 1.60. The number of ether oxygens (including phenoxy) is 4. The number of amides is 4. The fraction of sp³-hybridized carbons (Fsp3) is 0.526. The van der Waals surface area contributed by atoms with Gasteiger partial charge >= 0.3 is 12.2 Å². The number of piperidine rings is 1. The number of rotatable bonds is 13. The van der Waals surface area contributed by atoms with E-state index in [4.69, 9.17) is 33.9 Å². The fourth-order valence-corrected chi connectivity index (χ4v) is 13.7. The Morgan fingerprint density at radius 3 is 2.35 bits per heavy atom. The molecule has 6 aliphatic heterocycles. The monoisotopic (exact) mass is 1040 g/mol. The van der Waals surface area contributed by atoms with E-state index in [-0.39, 0.29) is 41.8 Å². The minimum absolute atomic E-state index is 0.0850. The lowest BCUT2D eigenvalue weighted by atomic mass is 9.82. The Labute approximate surface area is 440 Å². The van der Waals surface area contributed by atoms with E-state index < -0.39 is 41.9 Å². The Bertz CT molecular complexity index is 3100. The van der Waals surface area contributed by atoms with Gasteiger partial charge in [0.15, 0.2) is 0 Å². The van der Waals surface area contributed by atoms with Crippen LogP contribution in [0.2, 0.25) is 0 Å². The summed E-state index contributed by atoms with van der Waals surface area (Å²) in [5.74, 6) is 0.276. The van der Waals surface area contributed by atoms with Gasteiger partial charge in [0.05, 0.1) is 58.6 Å². The fourth-order valence-electron chi connectivity index (χ4n) is 12.5. The summed E-state index contributed by atoms with van der Waals surface area (Å²) < 4.78 is 41.9. The van der Waals surface area contributed by atoms with E-state index in [1.807, 2.05) is 62.0 Å². The highest BCUT2D eigenvalue weighted by molar-refractivity contribution is 7.11. The average molecular weight is 1040 g/mol. The molecule has 0 spiro atoms. The second kappa shape index (κ2) is 19.9. The molecule has 75 heavy (non-hydrogen) atoms. The second-order valence-corrected chi connectivity index (χ2v) is 23.9. The van der Waals surface area contributed by atoms with Crippen molar-refractivity contribution in [1.82, 2.24) is 30.0 Å². The van der Waals surface area contributed by atoms with Gasteiger partial charge in [0.25, 0.3) is 0 Å². The number of likely N-dealkylation sites (tertiary alicyclic amines) is 2. The van der Waals surface area contributed by atoms with E-state index in [1.54, 1.807) is 23.6 Å². The Kier molecular flexibility index (Phi) is 13.5. The molecule has 4 amide bonds. The smallest absolute Gasteiger partial charge is 0.407 e. The van der Waals surface area contributed by atoms with E-state index in [2.05, 4.69) is 47.2 Å². The maximum atomic E-state index is 17.1. The number of aromatic nitrogens is 2. The molecule has 1 saturated carbocycles. The van der Waals surface area contributed by atoms with Gasteiger partial charge in [0.2, 0.25) is 18.0 Å². The summed E-state index contributed by atoms with van der Waals surface area (Å²) in [7, 11) is 2.60. The van der Waals surface area contributed by atoms with Crippen LogP contribution in [-0.2, 0) is 30.2 Å². The van der Waals surface area contributed by atoms with E-state index in [0.29, 0.717) is 73.2 Å². The lowest BCUT2D eigenvalue weighted by Crippen LogP contribution is -2.57. The molecule has 3 unspecified atom stereocenters. The van der Waals surface area contributed by atoms with Crippen LogP contribution in [0.25, 0.3) is 33.3 Å². The zero-order chi connectivity index (χ0) is 52.6. The minimum atomic E-state index is -0.748. The quantitative estimate of drug-likeness (QED) is 0.132. The van der Waals surface area contributed by atoms with Crippen LogP contribution in [0.15, 0.2) is 65.0 Å². The molecule has 8 heterocycles. The molecule has 1 aliphatic carbocycles. The highest BCUT2D eigenvalue weighted by Crippen LogP contribution is 2.51. The zero-order valence-corrected chi connectivity index (χ0v) is 44.8. The van der Waals surface area contributed by atoms with Crippen molar-refractivity contribution >= 4 is 68.8 Å². The molecule has 4 fully saturated rings. The predicted molar refractivity (Wildman–Crippen MR) is 285 cm³/mol. The van der Waals surface area contributed by atoms with Crippen molar-refractivity contribution in [1.29, 1.82) is 0 Å².